The number of sulfonamides is 1. The average molecular weight is 269 g/mol. The third kappa shape index (κ3) is 2.54. The molecule has 0 bridgehead atoms. The molecule has 0 atom stereocenters. The Hall–Kier alpha value is -1.40. The molecule has 1 saturated carbocycles. The molecule has 6 heteroatoms. The number of carboxylic acids is 1. The average Bonchev–Trinajstić information content (AvgIpc) is 2.26. The van der Waals surface area contributed by atoms with Crippen molar-refractivity contribution in [1.82, 2.24) is 4.72 Å². The molecular weight excluding hydrogens is 254 g/mol. The molecule has 1 aromatic rings. The molecule has 18 heavy (non-hydrogen) atoms. The molecular formula is C12H15NO4S. The lowest BCUT2D eigenvalue weighted by atomic mass is 9.80. The van der Waals surface area contributed by atoms with E-state index in [1.165, 1.54) is 24.3 Å². The van der Waals surface area contributed by atoms with E-state index in [1.54, 1.807) is 0 Å². The van der Waals surface area contributed by atoms with E-state index in [2.05, 4.69) is 4.72 Å². The van der Waals surface area contributed by atoms with Crippen molar-refractivity contribution in [2.24, 2.45) is 0 Å². The minimum atomic E-state index is -3.56. The summed E-state index contributed by atoms with van der Waals surface area (Å²) in [6.07, 6.45) is 2.69. The Labute approximate surface area is 106 Å². The molecule has 2 rings (SSSR count). The van der Waals surface area contributed by atoms with Crippen LogP contribution in [0.1, 0.15) is 36.5 Å². The van der Waals surface area contributed by atoms with E-state index < -0.39 is 16.0 Å². The van der Waals surface area contributed by atoms with Crippen LogP contribution < -0.4 is 4.72 Å². The van der Waals surface area contributed by atoms with E-state index in [-0.39, 0.29) is 16.0 Å². The molecule has 98 valence electrons. The lowest BCUT2D eigenvalue weighted by molar-refractivity contribution is 0.0696. The van der Waals surface area contributed by atoms with Gasteiger partial charge in [0.05, 0.1) is 10.5 Å². The molecule has 1 aromatic carbocycles. The summed E-state index contributed by atoms with van der Waals surface area (Å²) < 4.78 is 26.8. The molecule has 1 fully saturated rings. The molecule has 0 radical (unpaired) electrons. The maximum absolute atomic E-state index is 12.1. The van der Waals surface area contributed by atoms with Crippen LogP contribution in [0.5, 0.6) is 0 Å². The van der Waals surface area contributed by atoms with Gasteiger partial charge in [0.15, 0.2) is 0 Å². The summed E-state index contributed by atoms with van der Waals surface area (Å²) in [6.45, 7) is 1.87. The highest BCUT2D eigenvalue weighted by atomic mass is 32.2. The van der Waals surface area contributed by atoms with E-state index in [0.717, 1.165) is 19.3 Å². The lowest BCUT2D eigenvalue weighted by Gasteiger charge is -2.38. The van der Waals surface area contributed by atoms with Crippen LogP contribution >= 0.6 is 0 Å². The van der Waals surface area contributed by atoms with Crippen LogP contribution in [0.3, 0.4) is 0 Å². The molecule has 0 amide bonds. The van der Waals surface area contributed by atoms with Crippen molar-refractivity contribution in [2.75, 3.05) is 0 Å². The Morgan fingerprint density at radius 2 is 1.83 bits per heavy atom. The molecule has 0 heterocycles. The fraction of sp³-hybridized carbons (Fsp3) is 0.417. The van der Waals surface area contributed by atoms with Crippen molar-refractivity contribution in [3.8, 4) is 0 Å². The van der Waals surface area contributed by atoms with Gasteiger partial charge in [-0.15, -0.1) is 0 Å². The maximum Gasteiger partial charge on any atom is 0.335 e. The first-order chi connectivity index (χ1) is 8.32. The number of nitrogens with one attached hydrogen (secondary N) is 1. The predicted octanol–water partition coefficient (Wildman–Crippen LogP) is 1.61. The summed E-state index contributed by atoms with van der Waals surface area (Å²) in [7, 11) is -3.56. The van der Waals surface area contributed by atoms with E-state index >= 15 is 0 Å². The molecule has 1 aliphatic carbocycles. The van der Waals surface area contributed by atoms with Gasteiger partial charge < -0.3 is 5.11 Å². The van der Waals surface area contributed by atoms with Crippen LogP contribution in [0.15, 0.2) is 29.2 Å². The standard InChI is InChI=1S/C12H15NO4S/c1-12(7-2-8-12)13-18(16,17)10-5-3-9(4-6-10)11(14)15/h3-6,13H,2,7-8H2,1H3,(H,14,15). The largest absolute Gasteiger partial charge is 0.478 e. The Balaban J connectivity index is 2.22. The number of hydrogen-bond acceptors (Lipinski definition) is 3. The fourth-order valence-electron chi connectivity index (χ4n) is 1.97. The zero-order valence-corrected chi connectivity index (χ0v) is 10.8. The smallest absolute Gasteiger partial charge is 0.335 e. The van der Waals surface area contributed by atoms with Crippen LogP contribution in [-0.2, 0) is 10.0 Å². The van der Waals surface area contributed by atoms with Crippen molar-refractivity contribution in [2.45, 2.75) is 36.6 Å². The van der Waals surface area contributed by atoms with Gasteiger partial charge in [0.25, 0.3) is 0 Å². The Bertz CT molecular complexity index is 558. The van der Waals surface area contributed by atoms with Gasteiger partial charge in [-0.2, -0.15) is 0 Å². The minimum Gasteiger partial charge on any atom is -0.478 e. The molecule has 0 saturated heterocycles. The third-order valence-corrected chi connectivity index (χ3v) is 4.90. The first kappa shape index (κ1) is 13.0. The number of carboxylic acid groups (broad SMARTS) is 1. The molecule has 0 spiro atoms. The second kappa shape index (κ2) is 4.37. The summed E-state index contributed by atoms with van der Waals surface area (Å²) in [6, 6.07) is 5.21. The Morgan fingerprint density at radius 3 is 2.22 bits per heavy atom. The number of benzene rings is 1. The van der Waals surface area contributed by atoms with Crippen molar-refractivity contribution in [1.29, 1.82) is 0 Å². The summed E-state index contributed by atoms with van der Waals surface area (Å²) in [5.74, 6) is -1.07. The quantitative estimate of drug-likeness (QED) is 0.869. The summed E-state index contributed by atoms with van der Waals surface area (Å²) in [5, 5.41) is 8.75. The van der Waals surface area contributed by atoms with E-state index in [4.69, 9.17) is 5.11 Å². The molecule has 2 N–H and O–H groups in total. The highest BCUT2D eigenvalue weighted by Crippen LogP contribution is 2.32. The van der Waals surface area contributed by atoms with E-state index in [0.29, 0.717) is 0 Å². The van der Waals surface area contributed by atoms with Gasteiger partial charge in [0.2, 0.25) is 10.0 Å². The van der Waals surface area contributed by atoms with Crippen LogP contribution in [0.4, 0.5) is 0 Å². The molecule has 0 aliphatic heterocycles. The Morgan fingerprint density at radius 1 is 1.28 bits per heavy atom. The second-order valence-corrected chi connectivity index (χ2v) is 6.53. The van der Waals surface area contributed by atoms with Crippen LogP contribution in [0, 0.1) is 0 Å². The third-order valence-electron chi connectivity index (χ3n) is 3.25. The van der Waals surface area contributed by atoms with Gasteiger partial charge in [-0.25, -0.2) is 17.9 Å². The highest BCUT2D eigenvalue weighted by molar-refractivity contribution is 7.89. The van der Waals surface area contributed by atoms with Crippen molar-refractivity contribution in [3.63, 3.8) is 0 Å². The van der Waals surface area contributed by atoms with E-state index in [1.807, 2.05) is 6.92 Å². The molecule has 5 nitrogen and oxygen atoms in total. The zero-order valence-electron chi connectivity index (χ0n) is 10.0. The molecule has 0 unspecified atom stereocenters. The number of hydrogen-bond donors (Lipinski definition) is 2. The summed E-state index contributed by atoms with van der Waals surface area (Å²) >= 11 is 0. The van der Waals surface area contributed by atoms with Gasteiger partial charge in [-0.3, -0.25) is 0 Å². The minimum absolute atomic E-state index is 0.0730. The number of carbonyl (C=O) groups is 1. The number of aromatic carboxylic acids is 1. The maximum atomic E-state index is 12.1. The van der Waals surface area contributed by atoms with Gasteiger partial charge in [-0.05, 0) is 50.5 Å². The number of rotatable bonds is 4. The monoisotopic (exact) mass is 269 g/mol. The van der Waals surface area contributed by atoms with Crippen LogP contribution in [-0.4, -0.2) is 25.0 Å². The summed E-state index contributed by atoms with van der Waals surface area (Å²) in [5.41, 5.74) is -0.284. The highest BCUT2D eigenvalue weighted by Gasteiger charge is 2.36. The van der Waals surface area contributed by atoms with Gasteiger partial charge in [-0.1, -0.05) is 0 Å². The van der Waals surface area contributed by atoms with E-state index in [9.17, 15) is 13.2 Å². The lowest BCUT2D eigenvalue weighted by Crippen LogP contribution is -2.50. The van der Waals surface area contributed by atoms with Crippen molar-refractivity contribution in [3.05, 3.63) is 29.8 Å². The molecule has 1 aliphatic rings. The first-order valence-corrected chi connectivity index (χ1v) is 7.18. The SMILES string of the molecule is CC1(NS(=O)(=O)c2ccc(C(=O)O)cc2)CCC1. The predicted molar refractivity (Wildman–Crippen MR) is 66.0 cm³/mol. The van der Waals surface area contributed by atoms with Gasteiger partial charge in [0, 0.05) is 5.54 Å². The Kier molecular flexibility index (Phi) is 3.16. The normalized spacial score (nSPS) is 18.1. The van der Waals surface area contributed by atoms with Crippen LogP contribution in [0.2, 0.25) is 0 Å². The zero-order chi connectivity index (χ0) is 13.4. The fourth-order valence-corrected chi connectivity index (χ4v) is 3.43. The van der Waals surface area contributed by atoms with Crippen molar-refractivity contribution >= 4 is 16.0 Å². The second-order valence-electron chi connectivity index (χ2n) is 4.85. The molecule has 0 aromatic heterocycles. The van der Waals surface area contributed by atoms with Gasteiger partial charge >= 0.3 is 5.97 Å². The van der Waals surface area contributed by atoms with Crippen molar-refractivity contribution < 1.29 is 18.3 Å². The van der Waals surface area contributed by atoms with Crippen LogP contribution in [0.25, 0.3) is 0 Å². The topological polar surface area (TPSA) is 83.5 Å². The first-order valence-electron chi connectivity index (χ1n) is 5.70. The van der Waals surface area contributed by atoms with Gasteiger partial charge in [0.1, 0.15) is 0 Å². The summed E-state index contributed by atoms with van der Waals surface area (Å²) in [4.78, 5) is 10.8.